The average Bonchev–Trinajstić information content (AvgIpc) is 3.08. The van der Waals surface area contributed by atoms with E-state index >= 15 is 0 Å². The number of nitrogens with zero attached hydrogens (tertiary/aromatic N) is 7. The zero-order chi connectivity index (χ0) is 18.8. The Morgan fingerprint density at radius 2 is 2.04 bits per heavy atom. The fourth-order valence-electron chi connectivity index (χ4n) is 3.38. The van der Waals surface area contributed by atoms with E-state index in [9.17, 15) is 4.79 Å². The number of hydrogen-bond acceptors (Lipinski definition) is 6. The highest BCUT2D eigenvalue weighted by Gasteiger charge is 2.26. The highest BCUT2D eigenvalue weighted by molar-refractivity contribution is 5.91. The minimum absolute atomic E-state index is 0.212. The summed E-state index contributed by atoms with van der Waals surface area (Å²) in [6.45, 7) is 0. The summed E-state index contributed by atoms with van der Waals surface area (Å²) in [4.78, 5) is 20.5. The highest BCUT2D eigenvalue weighted by atomic mass is 16.3. The first-order valence-electron chi connectivity index (χ1n) is 8.85. The van der Waals surface area contributed by atoms with E-state index < -0.39 is 5.91 Å². The second-order valence-electron chi connectivity index (χ2n) is 6.77. The van der Waals surface area contributed by atoms with E-state index in [0.717, 1.165) is 24.2 Å². The number of carbonyl (C=O) groups is 1. The van der Waals surface area contributed by atoms with Gasteiger partial charge in [0.15, 0.2) is 5.65 Å². The maximum absolute atomic E-state index is 11.7. The largest absolute Gasteiger partial charge is 0.432 e. The zero-order valence-electron chi connectivity index (χ0n) is 14.6. The molecule has 5 aromatic heterocycles. The third kappa shape index (κ3) is 2.11. The Hall–Kier alpha value is -3.95. The van der Waals surface area contributed by atoms with Crippen LogP contribution in [0.2, 0.25) is 0 Å². The molecule has 1 aliphatic rings. The van der Waals surface area contributed by atoms with Crippen molar-refractivity contribution in [3.63, 3.8) is 0 Å². The van der Waals surface area contributed by atoms with Gasteiger partial charge in [0.25, 0.3) is 5.91 Å². The van der Waals surface area contributed by atoms with Crippen LogP contribution in [0.3, 0.4) is 0 Å². The van der Waals surface area contributed by atoms with Gasteiger partial charge in [0.05, 0.1) is 12.2 Å². The van der Waals surface area contributed by atoms with Gasteiger partial charge in [-0.2, -0.15) is 15.2 Å². The van der Waals surface area contributed by atoms with Crippen LogP contribution in [0.25, 0.3) is 34.3 Å². The topological polar surface area (TPSA) is 122 Å². The first kappa shape index (κ1) is 15.1. The molecule has 1 aliphatic carbocycles. The summed E-state index contributed by atoms with van der Waals surface area (Å²) < 4.78 is 10.7. The van der Waals surface area contributed by atoms with Crippen LogP contribution in [0, 0.1) is 0 Å². The van der Waals surface area contributed by atoms with E-state index in [2.05, 4.69) is 20.2 Å². The molecule has 1 amide bonds. The highest BCUT2D eigenvalue weighted by Crippen LogP contribution is 2.36. The van der Waals surface area contributed by atoms with E-state index in [1.54, 1.807) is 22.9 Å². The van der Waals surface area contributed by atoms with Crippen LogP contribution in [0.5, 0.6) is 0 Å². The maximum atomic E-state index is 11.7. The fourth-order valence-corrected chi connectivity index (χ4v) is 3.38. The number of hydrogen-bond donors (Lipinski definition) is 1. The lowest BCUT2D eigenvalue weighted by Crippen LogP contribution is -2.15. The van der Waals surface area contributed by atoms with E-state index in [4.69, 9.17) is 10.2 Å². The molecule has 1 fully saturated rings. The molecule has 0 saturated heterocycles. The van der Waals surface area contributed by atoms with Crippen molar-refractivity contribution in [2.45, 2.75) is 18.9 Å². The number of amides is 1. The Bertz CT molecular complexity index is 1370. The van der Waals surface area contributed by atoms with Crippen LogP contribution < -0.4 is 5.73 Å². The van der Waals surface area contributed by atoms with Crippen LogP contribution in [0.4, 0.5) is 0 Å². The van der Waals surface area contributed by atoms with E-state index in [-0.39, 0.29) is 5.69 Å². The van der Waals surface area contributed by atoms with Crippen LogP contribution in [-0.4, -0.2) is 39.7 Å². The molecule has 6 rings (SSSR count). The molecule has 5 aromatic rings. The third-order valence-corrected chi connectivity index (χ3v) is 4.89. The molecule has 0 spiro atoms. The smallest absolute Gasteiger partial charge is 0.306 e. The van der Waals surface area contributed by atoms with Crippen molar-refractivity contribution >= 4 is 17.4 Å². The van der Waals surface area contributed by atoms with Gasteiger partial charge in [0, 0.05) is 12.4 Å². The lowest BCUT2D eigenvalue weighted by molar-refractivity contribution is 0.0993. The Morgan fingerprint density at radius 1 is 1.14 bits per heavy atom. The van der Waals surface area contributed by atoms with Crippen molar-refractivity contribution < 1.29 is 9.21 Å². The number of nitrogens with two attached hydrogens (primary N) is 1. The number of aromatic nitrogens is 7. The molecule has 0 aromatic carbocycles. The fraction of sp³-hybridized carbons (Fsp3) is 0.167. The van der Waals surface area contributed by atoms with E-state index in [0.29, 0.717) is 28.9 Å². The van der Waals surface area contributed by atoms with E-state index in [1.165, 1.54) is 10.7 Å². The summed E-state index contributed by atoms with van der Waals surface area (Å²) in [5.74, 6) is -0.157. The summed E-state index contributed by atoms with van der Waals surface area (Å²) >= 11 is 0. The number of fused-ring (bicyclic) bond motifs is 2. The molecule has 10 heteroatoms. The van der Waals surface area contributed by atoms with Gasteiger partial charge >= 0.3 is 5.84 Å². The lowest BCUT2D eigenvalue weighted by atomic mass is 10.2. The van der Waals surface area contributed by atoms with Gasteiger partial charge in [0.1, 0.15) is 34.7 Å². The van der Waals surface area contributed by atoms with Crippen molar-refractivity contribution in [1.29, 1.82) is 0 Å². The first-order chi connectivity index (χ1) is 13.7. The average molecular weight is 374 g/mol. The normalized spacial score (nSPS) is 14.3. The van der Waals surface area contributed by atoms with Crippen LogP contribution in [0.15, 0.2) is 47.5 Å². The quantitative estimate of drug-likeness (QED) is 0.513. The van der Waals surface area contributed by atoms with Gasteiger partial charge in [-0.3, -0.25) is 13.9 Å². The predicted molar refractivity (Wildman–Crippen MR) is 97.4 cm³/mol. The zero-order valence-corrected chi connectivity index (χ0v) is 14.6. The van der Waals surface area contributed by atoms with Crippen molar-refractivity contribution in [3.8, 4) is 22.8 Å². The van der Waals surface area contributed by atoms with Crippen molar-refractivity contribution in [3.05, 3.63) is 48.7 Å². The molecule has 0 aliphatic heterocycles. The molecule has 138 valence electrons. The predicted octanol–water partition coefficient (Wildman–Crippen LogP) is 1.93. The molecule has 0 bridgehead atoms. The summed E-state index contributed by atoms with van der Waals surface area (Å²) in [6.07, 6.45) is 9.01. The second kappa shape index (κ2) is 5.28. The number of oxazole rings is 1. The molecule has 0 atom stereocenters. The molecule has 0 unspecified atom stereocenters. The van der Waals surface area contributed by atoms with Gasteiger partial charge in [0.2, 0.25) is 0 Å². The minimum Gasteiger partial charge on any atom is -0.432 e. The van der Waals surface area contributed by atoms with Gasteiger partial charge in [-0.05, 0) is 31.0 Å². The van der Waals surface area contributed by atoms with E-state index in [1.807, 2.05) is 23.0 Å². The van der Waals surface area contributed by atoms with Crippen LogP contribution in [0.1, 0.15) is 29.4 Å². The molecule has 2 N–H and O–H groups in total. The third-order valence-electron chi connectivity index (χ3n) is 4.89. The Labute approximate surface area is 157 Å². The SMILES string of the molecule is NC(=O)c1cnc2ccc(-c3c(-c4ccn(C5CC5)n4)nc4occn34)nn12. The van der Waals surface area contributed by atoms with Crippen molar-refractivity contribution in [2.24, 2.45) is 5.73 Å². The van der Waals surface area contributed by atoms with Crippen LogP contribution in [-0.2, 0) is 0 Å². The molecule has 10 nitrogen and oxygen atoms in total. The maximum Gasteiger partial charge on any atom is 0.306 e. The first-order valence-corrected chi connectivity index (χ1v) is 8.85. The molecule has 5 heterocycles. The minimum atomic E-state index is -0.595. The Balaban J connectivity index is 1.58. The van der Waals surface area contributed by atoms with Crippen molar-refractivity contribution in [1.82, 2.24) is 33.8 Å². The number of primary amides is 1. The second-order valence-corrected chi connectivity index (χ2v) is 6.77. The summed E-state index contributed by atoms with van der Waals surface area (Å²) in [5.41, 5.74) is 8.90. The number of imidazole rings is 2. The molecule has 0 radical (unpaired) electrons. The van der Waals surface area contributed by atoms with Crippen molar-refractivity contribution in [2.75, 3.05) is 0 Å². The molecular weight excluding hydrogens is 360 g/mol. The molecular formula is C18H14N8O2. The standard InChI is InChI=1S/C18H14N8O2/c19-17(27)13-9-20-14-4-3-12(23-26(13)14)16-15(21-18-24(16)7-8-28-18)11-5-6-25(22-11)10-1-2-10/h3-10H,1-2H2,(H2,19,27). The summed E-state index contributed by atoms with van der Waals surface area (Å²) in [6, 6.07) is 6.02. The summed E-state index contributed by atoms with van der Waals surface area (Å²) in [5, 5.41) is 9.27. The number of carbonyl (C=O) groups excluding carboxylic acids is 1. The molecule has 1 saturated carbocycles. The van der Waals surface area contributed by atoms with Gasteiger partial charge in [-0.1, -0.05) is 0 Å². The van der Waals surface area contributed by atoms with Crippen LogP contribution >= 0.6 is 0 Å². The summed E-state index contributed by atoms with van der Waals surface area (Å²) in [7, 11) is 0. The van der Waals surface area contributed by atoms with Gasteiger partial charge < -0.3 is 10.2 Å². The lowest BCUT2D eigenvalue weighted by Gasteiger charge is -2.04. The Kier molecular flexibility index (Phi) is 2.86. The molecule has 28 heavy (non-hydrogen) atoms. The van der Waals surface area contributed by atoms with Gasteiger partial charge in [-0.15, -0.1) is 0 Å². The number of rotatable bonds is 4. The van der Waals surface area contributed by atoms with Gasteiger partial charge in [-0.25, -0.2) is 9.50 Å². The monoisotopic (exact) mass is 374 g/mol. The Morgan fingerprint density at radius 3 is 2.86 bits per heavy atom.